The quantitative estimate of drug-likeness (QED) is 0.597. The molecule has 5 rings (SSSR count). The minimum atomic E-state index is 0.379. The van der Waals surface area contributed by atoms with Crippen LogP contribution in [0.3, 0.4) is 0 Å². The molecule has 1 fully saturated rings. The van der Waals surface area contributed by atoms with E-state index >= 15 is 0 Å². The number of ether oxygens (including phenoxy) is 1. The SMILES string of the molecule is CCNc1ncc(-c2cc(N3CCCC3Cc3cc#ccc3)nc(N3C=COCC3)n2)cn1. The van der Waals surface area contributed by atoms with Crippen LogP contribution >= 0.6 is 0 Å². The van der Waals surface area contributed by atoms with Crippen molar-refractivity contribution in [2.24, 2.45) is 0 Å². The van der Waals surface area contributed by atoms with Gasteiger partial charge in [-0.15, -0.1) is 0 Å². The van der Waals surface area contributed by atoms with Gasteiger partial charge >= 0.3 is 0 Å². The van der Waals surface area contributed by atoms with Crippen molar-refractivity contribution in [2.45, 2.75) is 32.2 Å². The lowest BCUT2D eigenvalue weighted by atomic mass is 10.0. The monoisotopic (exact) mass is 441 g/mol. The molecule has 0 amide bonds. The van der Waals surface area contributed by atoms with Crippen molar-refractivity contribution in [1.29, 1.82) is 0 Å². The summed E-state index contributed by atoms with van der Waals surface area (Å²) in [5.41, 5.74) is 2.94. The molecule has 1 atom stereocenters. The second-order valence-corrected chi connectivity index (χ2v) is 8.12. The average molecular weight is 442 g/mol. The van der Waals surface area contributed by atoms with Gasteiger partial charge in [0.25, 0.3) is 0 Å². The van der Waals surface area contributed by atoms with Crippen LogP contribution in [0.15, 0.2) is 49.1 Å². The molecular formula is C25H27N7O. The number of hydrogen-bond donors (Lipinski definition) is 1. The largest absolute Gasteiger partial charge is 0.498 e. The van der Waals surface area contributed by atoms with E-state index in [1.165, 1.54) is 5.56 Å². The van der Waals surface area contributed by atoms with E-state index in [1.54, 1.807) is 6.26 Å². The highest BCUT2D eigenvalue weighted by atomic mass is 16.5. The summed E-state index contributed by atoms with van der Waals surface area (Å²) in [7, 11) is 0. The molecular weight excluding hydrogens is 414 g/mol. The van der Waals surface area contributed by atoms with Crippen LogP contribution in [0.5, 0.6) is 0 Å². The number of anilines is 3. The Morgan fingerprint density at radius 1 is 1.18 bits per heavy atom. The summed E-state index contributed by atoms with van der Waals surface area (Å²) in [5.74, 6) is 2.20. The molecule has 0 saturated carbocycles. The van der Waals surface area contributed by atoms with Crippen LogP contribution in [-0.2, 0) is 11.2 Å². The van der Waals surface area contributed by atoms with Crippen LogP contribution in [0, 0.1) is 12.1 Å². The van der Waals surface area contributed by atoms with Crippen LogP contribution in [0.4, 0.5) is 17.7 Å². The highest BCUT2D eigenvalue weighted by Crippen LogP contribution is 2.31. The molecule has 4 heterocycles. The number of rotatable bonds is 7. The van der Waals surface area contributed by atoms with Gasteiger partial charge in [-0.05, 0) is 49.9 Å². The maximum absolute atomic E-state index is 5.37. The van der Waals surface area contributed by atoms with Crippen molar-refractivity contribution in [3.8, 4) is 11.3 Å². The molecule has 33 heavy (non-hydrogen) atoms. The molecule has 3 aromatic rings. The maximum Gasteiger partial charge on any atom is 0.232 e. The van der Waals surface area contributed by atoms with Gasteiger partial charge in [0.15, 0.2) is 0 Å². The van der Waals surface area contributed by atoms with E-state index in [0.29, 0.717) is 31.1 Å². The van der Waals surface area contributed by atoms with Crippen LogP contribution in [0.25, 0.3) is 11.3 Å². The van der Waals surface area contributed by atoms with E-state index in [2.05, 4.69) is 44.5 Å². The summed E-state index contributed by atoms with van der Waals surface area (Å²) in [5, 5.41) is 3.14. The highest BCUT2D eigenvalue weighted by molar-refractivity contribution is 5.65. The Hall–Kier alpha value is -3.86. The van der Waals surface area contributed by atoms with E-state index in [4.69, 9.17) is 14.7 Å². The first-order chi connectivity index (χ1) is 16.3. The lowest BCUT2D eigenvalue weighted by molar-refractivity contribution is 0.245. The number of nitrogens with one attached hydrogen (secondary N) is 1. The van der Waals surface area contributed by atoms with Crippen molar-refractivity contribution >= 4 is 17.7 Å². The predicted octanol–water partition coefficient (Wildman–Crippen LogP) is 3.49. The van der Waals surface area contributed by atoms with Gasteiger partial charge in [-0.25, -0.2) is 15.0 Å². The van der Waals surface area contributed by atoms with Gasteiger partial charge in [-0.1, -0.05) is 12.1 Å². The minimum Gasteiger partial charge on any atom is -0.498 e. The summed E-state index contributed by atoms with van der Waals surface area (Å²) in [6.07, 6.45) is 10.4. The smallest absolute Gasteiger partial charge is 0.232 e. The minimum absolute atomic E-state index is 0.379. The molecule has 2 aromatic heterocycles. The fraction of sp³-hybridized carbons (Fsp3) is 0.360. The molecule has 0 radical (unpaired) electrons. The lowest BCUT2D eigenvalue weighted by Crippen LogP contribution is -2.33. The standard InChI is InChI=1S/C25H27N7O/c1-2-26-24-27-17-20(18-28-24)22-16-23(30-25(29-22)31-11-13-33-14-12-31)32-10-6-9-21(32)15-19-7-4-3-5-8-19/h4,7-8,11,13,16-18,21H,2,6,9-10,12,14-15H2,1H3,(H,26,27,28). The first-order valence-corrected chi connectivity index (χ1v) is 11.4. The molecule has 0 aliphatic carbocycles. The van der Waals surface area contributed by atoms with Crippen LogP contribution in [0.2, 0.25) is 0 Å². The molecule has 1 saturated heterocycles. The zero-order valence-corrected chi connectivity index (χ0v) is 18.7. The number of hydrogen-bond acceptors (Lipinski definition) is 8. The maximum atomic E-state index is 5.37. The molecule has 168 valence electrons. The van der Waals surface area contributed by atoms with Crippen molar-refractivity contribution in [1.82, 2.24) is 19.9 Å². The second kappa shape index (κ2) is 9.74. The highest BCUT2D eigenvalue weighted by Gasteiger charge is 2.27. The van der Waals surface area contributed by atoms with E-state index in [9.17, 15) is 0 Å². The summed E-state index contributed by atoms with van der Waals surface area (Å²) >= 11 is 0. The third kappa shape index (κ3) is 4.82. The number of aromatic nitrogens is 4. The van der Waals surface area contributed by atoms with Gasteiger partial charge in [0, 0.05) is 49.4 Å². The first kappa shape index (κ1) is 21.0. The topological polar surface area (TPSA) is 79.3 Å². The summed E-state index contributed by atoms with van der Waals surface area (Å²) < 4.78 is 5.37. The average Bonchev–Trinajstić information content (AvgIpc) is 3.34. The van der Waals surface area contributed by atoms with Crippen LogP contribution in [0.1, 0.15) is 25.3 Å². The summed E-state index contributed by atoms with van der Waals surface area (Å²) in [4.78, 5) is 23.1. The molecule has 2 aliphatic rings. The zero-order chi connectivity index (χ0) is 22.5. The van der Waals surface area contributed by atoms with Gasteiger partial charge < -0.3 is 19.9 Å². The third-order valence-electron chi connectivity index (χ3n) is 5.89. The Morgan fingerprint density at radius 2 is 2.09 bits per heavy atom. The van der Waals surface area contributed by atoms with Crippen LogP contribution in [-0.4, -0.2) is 52.2 Å². The molecule has 2 aliphatic heterocycles. The van der Waals surface area contributed by atoms with Gasteiger partial charge in [-0.3, -0.25) is 0 Å². The first-order valence-electron chi connectivity index (χ1n) is 11.4. The Labute approximate surface area is 194 Å². The molecule has 0 spiro atoms. The fourth-order valence-electron chi connectivity index (χ4n) is 4.26. The molecule has 0 bridgehead atoms. The van der Waals surface area contributed by atoms with E-state index in [-0.39, 0.29) is 0 Å². The molecule has 1 unspecified atom stereocenters. The van der Waals surface area contributed by atoms with E-state index < -0.39 is 0 Å². The molecule has 8 nitrogen and oxygen atoms in total. The van der Waals surface area contributed by atoms with Gasteiger partial charge in [-0.2, -0.15) is 4.98 Å². The Morgan fingerprint density at radius 3 is 2.85 bits per heavy atom. The Bertz CT molecular complexity index is 1090. The predicted molar refractivity (Wildman–Crippen MR) is 128 cm³/mol. The van der Waals surface area contributed by atoms with Gasteiger partial charge in [0.05, 0.1) is 18.5 Å². The number of nitrogens with zero attached hydrogens (tertiary/aromatic N) is 6. The van der Waals surface area contributed by atoms with Gasteiger partial charge in [0.2, 0.25) is 11.9 Å². The normalized spacial score (nSPS) is 17.5. The van der Waals surface area contributed by atoms with E-state index in [1.807, 2.05) is 42.6 Å². The van der Waals surface area contributed by atoms with E-state index in [0.717, 1.165) is 49.4 Å². The Kier molecular flexibility index (Phi) is 6.20. The molecule has 1 N–H and O–H groups in total. The van der Waals surface area contributed by atoms with Crippen molar-refractivity contribution < 1.29 is 4.74 Å². The Balaban J connectivity index is 1.49. The van der Waals surface area contributed by atoms with Gasteiger partial charge in [0.1, 0.15) is 12.4 Å². The lowest BCUT2D eigenvalue weighted by Gasteiger charge is -2.28. The molecule has 8 heteroatoms. The van der Waals surface area contributed by atoms with Crippen molar-refractivity contribution in [3.63, 3.8) is 0 Å². The zero-order valence-electron chi connectivity index (χ0n) is 18.7. The summed E-state index contributed by atoms with van der Waals surface area (Å²) in [6, 6.07) is 14.6. The second-order valence-electron chi connectivity index (χ2n) is 8.12. The fourth-order valence-corrected chi connectivity index (χ4v) is 4.26. The van der Waals surface area contributed by atoms with Crippen molar-refractivity contribution in [2.75, 3.05) is 41.4 Å². The van der Waals surface area contributed by atoms with Crippen molar-refractivity contribution in [3.05, 3.63) is 66.8 Å². The molecule has 1 aromatic carbocycles. The van der Waals surface area contributed by atoms with Crippen LogP contribution < -0.4 is 15.1 Å². The summed E-state index contributed by atoms with van der Waals surface area (Å²) in [6.45, 7) is 5.08. The third-order valence-corrected chi connectivity index (χ3v) is 5.89.